The number of hydrogen-bond donors (Lipinski definition) is 0. The Balaban J connectivity index is 1.46. The lowest BCUT2D eigenvalue weighted by Gasteiger charge is -2.24. The molecule has 0 N–H and O–H groups in total. The molecule has 180 valence electrons. The maximum absolute atomic E-state index is 13.6. The summed E-state index contributed by atoms with van der Waals surface area (Å²) in [5, 5.41) is 0. The van der Waals surface area contributed by atoms with Crippen molar-refractivity contribution in [3.05, 3.63) is 78.6 Å². The molecule has 1 saturated heterocycles. The largest absolute Gasteiger partial charge is 0.573 e. The van der Waals surface area contributed by atoms with Crippen molar-refractivity contribution in [2.45, 2.75) is 31.9 Å². The number of pyridine rings is 1. The molecule has 1 spiro atoms. The van der Waals surface area contributed by atoms with Gasteiger partial charge in [0.2, 0.25) is 0 Å². The number of hydrogen-bond acceptors (Lipinski definition) is 5. The molecule has 2 fully saturated rings. The van der Waals surface area contributed by atoms with Gasteiger partial charge in [-0.05, 0) is 48.2 Å². The molecule has 1 aromatic heterocycles. The normalized spacial score (nSPS) is 21.5. The number of amides is 3. The lowest BCUT2D eigenvalue weighted by Crippen LogP contribution is -2.39. The van der Waals surface area contributed by atoms with Crippen molar-refractivity contribution < 1.29 is 32.2 Å². The summed E-state index contributed by atoms with van der Waals surface area (Å²) in [6.45, 7) is 2.11. The van der Waals surface area contributed by atoms with Gasteiger partial charge in [0, 0.05) is 6.20 Å². The Bertz CT molecular complexity index is 1270. The van der Waals surface area contributed by atoms with E-state index in [4.69, 9.17) is 4.74 Å². The van der Waals surface area contributed by atoms with E-state index in [-0.39, 0.29) is 18.2 Å². The second kappa shape index (κ2) is 8.30. The monoisotopic (exact) mass is 483 g/mol. The zero-order valence-electron chi connectivity index (χ0n) is 18.5. The fourth-order valence-corrected chi connectivity index (χ4v) is 4.41. The van der Waals surface area contributed by atoms with Crippen LogP contribution in [0.15, 0.2) is 73.1 Å². The van der Waals surface area contributed by atoms with Crippen LogP contribution < -0.4 is 19.3 Å². The first kappa shape index (κ1) is 22.7. The van der Waals surface area contributed by atoms with Crippen molar-refractivity contribution in [2.75, 3.05) is 9.80 Å². The van der Waals surface area contributed by atoms with E-state index in [1.807, 2.05) is 37.3 Å². The molecule has 35 heavy (non-hydrogen) atoms. The van der Waals surface area contributed by atoms with Crippen molar-refractivity contribution in [3.63, 3.8) is 0 Å². The SMILES string of the molecule is CC1CC12C(=O)N(c1ccc(OC(F)(F)F)cc1)C(=O)N2c1ccncc1OCc1ccccc1. The molecule has 2 aromatic carbocycles. The summed E-state index contributed by atoms with van der Waals surface area (Å²) >= 11 is 0. The van der Waals surface area contributed by atoms with Gasteiger partial charge in [0.15, 0.2) is 5.75 Å². The summed E-state index contributed by atoms with van der Waals surface area (Å²) in [5.41, 5.74) is 0.377. The van der Waals surface area contributed by atoms with Gasteiger partial charge in [-0.1, -0.05) is 37.3 Å². The van der Waals surface area contributed by atoms with Gasteiger partial charge in [-0.3, -0.25) is 14.7 Å². The average molecular weight is 483 g/mol. The molecule has 0 bridgehead atoms. The zero-order chi connectivity index (χ0) is 24.8. The van der Waals surface area contributed by atoms with Gasteiger partial charge in [-0.2, -0.15) is 0 Å². The Morgan fingerprint density at radius 1 is 1.06 bits per heavy atom. The fraction of sp³-hybridized carbons (Fsp3) is 0.240. The molecule has 3 aromatic rings. The van der Waals surface area contributed by atoms with Crippen LogP contribution in [0.3, 0.4) is 0 Å². The molecular formula is C25H20F3N3O4. The number of nitrogens with zero attached hydrogens (tertiary/aromatic N) is 3. The third kappa shape index (κ3) is 4.05. The summed E-state index contributed by atoms with van der Waals surface area (Å²) in [7, 11) is 0. The second-order valence-electron chi connectivity index (χ2n) is 8.45. The minimum absolute atomic E-state index is 0.119. The van der Waals surface area contributed by atoms with E-state index in [1.54, 1.807) is 6.07 Å². The third-order valence-electron chi connectivity index (χ3n) is 6.20. The smallest absolute Gasteiger partial charge is 0.485 e. The van der Waals surface area contributed by atoms with Gasteiger partial charge in [0.1, 0.15) is 17.9 Å². The molecule has 1 aliphatic carbocycles. The van der Waals surface area contributed by atoms with Gasteiger partial charge in [-0.25, -0.2) is 9.69 Å². The van der Waals surface area contributed by atoms with Crippen LogP contribution in [-0.4, -0.2) is 28.8 Å². The predicted octanol–water partition coefficient (Wildman–Crippen LogP) is 5.31. The van der Waals surface area contributed by atoms with Gasteiger partial charge in [-0.15, -0.1) is 13.2 Å². The lowest BCUT2D eigenvalue weighted by molar-refractivity contribution is -0.274. The van der Waals surface area contributed by atoms with E-state index in [0.717, 1.165) is 22.6 Å². The van der Waals surface area contributed by atoms with Crippen molar-refractivity contribution in [2.24, 2.45) is 5.92 Å². The first-order valence-corrected chi connectivity index (χ1v) is 10.9. The number of halogens is 3. The molecule has 7 nitrogen and oxygen atoms in total. The van der Waals surface area contributed by atoms with Crippen LogP contribution in [0, 0.1) is 5.92 Å². The number of ether oxygens (including phenoxy) is 2. The summed E-state index contributed by atoms with van der Waals surface area (Å²) in [4.78, 5) is 33.6. The number of benzene rings is 2. The van der Waals surface area contributed by atoms with Gasteiger partial charge >= 0.3 is 12.4 Å². The van der Waals surface area contributed by atoms with E-state index in [0.29, 0.717) is 17.9 Å². The number of rotatable bonds is 6. The number of carbonyl (C=O) groups is 2. The molecule has 1 saturated carbocycles. The highest BCUT2D eigenvalue weighted by molar-refractivity contribution is 6.32. The molecule has 5 rings (SSSR count). The number of alkyl halides is 3. The number of imide groups is 1. The highest BCUT2D eigenvalue weighted by atomic mass is 19.4. The number of urea groups is 1. The number of carbonyl (C=O) groups excluding carboxylic acids is 2. The molecule has 3 amide bonds. The standard InChI is InChI=1S/C25H20F3N3O4/c1-16-13-24(16)22(32)30(18-7-9-19(10-8-18)35-25(26,27)28)23(33)31(24)20-11-12-29-14-21(20)34-15-17-5-3-2-4-6-17/h2-12,14,16H,13,15H2,1H3. The van der Waals surface area contributed by atoms with E-state index < -0.39 is 29.6 Å². The van der Waals surface area contributed by atoms with E-state index in [2.05, 4.69) is 9.72 Å². The maximum Gasteiger partial charge on any atom is 0.573 e. The highest BCUT2D eigenvalue weighted by Crippen LogP contribution is 2.56. The Kier molecular flexibility index (Phi) is 5.38. The van der Waals surface area contributed by atoms with Crippen molar-refractivity contribution in [1.29, 1.82) is 0 Å². The van der Waals surface area contributed by atoms with Crippen molar-refractivity contribution >= 4 is 23.3 Å². The van der Waals surface area contributed by atoms with E-state index in [1.165, 1.54) is 29.4 Å². The molecule has 2 atom stereocenters. The van der Waals surface area contributed by atoms with Crippen LogP contribution in [0.2, 0.25) is 0 Å². The van der Waals surface area contributed by atoms with Crippen LogP contribution >= 0.6 is 0 Å². The predicted molar refractivity (Wildman–Crippen MR) is 120 cm³/mol. The molecular weight excluding hydrogens is 463 g/mol. The van der Waals surface area contributed by atoms with Gasteiger partial charge < -0.3 is 9.47 Å². The average Bonchev–Trinajstić information content (AvgIpc) is 3.44. The minimum Gasteiger partial charge on any atom is -0.485 e. The number of anilines is 2. The Hall–Kier alpha value is -4.08. The van der Waals surface area contributed by atoms with Crippen LogP contribution in [0.1, 0.15) is 18.9 Å². The lowest BCUT2D eigenvalue weighted by atomic mass is 10.1. The summed E-state index contributed by atoms with van der Waals surface area (Å²) in [6.07, 6.45) is -1.40. The molecule has 2 aliphatic rings. The fourth-order valence-electron chi connectivity index (χ4n) is 4.41. The van der Waals surface area contributed by atoms with Crippen LogP contribution in [0.25, 0.3) is 0 Å². The first-order valence-electron chi connectivity index (χ1n) is 10.9. The highest BCUT2D eigenvalue weighted by Gasteiger charge is 2.71. The first-order chi connectivity index (χ1) is 16.7. The van der Waals surface area contributed by atoms with E-state index in [9.17, 15) is 22.8 Å². The summed E-state index contributed by atoms with van der Waals surface area (Å²) in [5.74, 6) is -0.665. The molecule has 2 heterocycles. The molecule has 10 heteroatoms. The number of aromatic nitrogens is 1. The van der Waals surface area contributed by atoms with Crippen molar-refractivity contribution in [3.8, 4) is 11.5 Å². The van der Waals surface area contributed by atoms with Crippen molar-refractivity contribution in [1.82, 2.24) is 4.98 Å². The van der Waals surface area contributed by atoms with Crippen LogP contribution in [0.4, 0.5) is 29.3 Å². The topological polar surface area (TPSA) is 72.0 Å². The van der Waals surface area contributed by atoms with Crippen LogP contribution in [0.5, 0.6) is 11.5 Å². The third-order valence-corrected chi connectivity index (χ3v) is 6.20. The molecule has 2 unspecified atom stereocenters. The Morgan fingerprint density at radius 2 is 1.74 bits per heavy atom. The zero-order valence-corrected chi connectivity index (χ0v) is 18.5. The second-order valence-corrected chi connectivity index (χ2v) is 8.45. The summed E-state index contributed by atoms with van der Waals surface area (Å²) < 4.78 is 47.4. The Labute approximate surface area is 198 Å². The van der Waals surface area contributed by atoms with Gasteiger partial charge in [0.25, 0.3) is 5.91 Å². The van der Waals surface area contributed by atoms with Gasteiger partial charge in [0.05, 0.1) is 17.6 Å². The van der Waals surface area contributed by atoms with Crippen LogP contribution in [-0.2, 0) is 11.4 Å². The minimum atomic E-state index is -4.84. The Morgan fingerprint density at radius 3 is 2.37 bits per heavy atom. The molecule has 0 radical (unpaired) electrons. The summed E-state index contributed by atoms with van der Waals surface area (Å²) in [6, 6.07) is 15.1. The maximum atomic E-state index is 13.6. The quantitative estimate of drug-likeness (QED) is 0.445. The molecule has 1 aliphatic heterocycles. The van der Waals surface area contributed by atoms with E-state index >= 15 is 0 Å².